The number of carbonyl (C=O) groups is 3. The summed E-state index contributed by atoms with van der Waals surface area (Å²) < 4.78 is 14.1. The molecule has 4 fully saturated rings. The van der Waals surface area contributed by atoms with Crippen LogP contribution in [-0.2, 0) is 20.6 Å². The molecule has 72 heavy (non-hydrogen) atoms. The minimum Gasteiger partial charge on any atom is -0.507 e. The van der Waals surface area contributed by atoms with Crippen LogP contribution in [0.1, 0.15) is 130 Å². The number of nitrogens with zero attached hydrogens (tertiary/aromatic N) is 5. The Hall–Kier alpha value is -6.23. The van der Waals surface area contributed by atoms with Crippen molar-refractivity contribution in [3.63, 3.8) is 0 Å². The predicted molar refractivity (Wildman–Crippen MR) is 286 cm³/mol. The molecule has 15 nitrogen and oxygen atoms in total. The lowest BCUT2D eigenvalue weighted by molar-refractivity contribution is -0.142. The Kier molecular flexibility index (Phi) is 13.8. The number of hydrogen-bond donors (Lipinski definition) is 6. The number of likely N-dealkylation sites (tertiary alicyclic amines) is 3. The Morgan fingerprint density at radius 1 is 1.01 bits per heavy atom. The molecule has 382 valence electrons. The molecule has 4 atom stereocenters. The third-order valence-corrected chi connectivity index (χ3v) is 17.8. The molecule has 4 amide bonds. The standard InChI is InChI=1S/C56H73N10O5P/c1-9-36-16-18-37(19-17-36)34(2)60-52(68)45-14-12-23-66(45)53(69)49(55(4,5)6)62-54(70)64-32-56(33-64)29-40(30-56)63-24-20-38(21-25-63)39-27-47(72(7,8)71)51(59-31-39)65-26-22-44-48(35(65)3)42(50(58)61-44)28-43(57)41-13-10-11-15-46(41)67/h1,10-11,13,15-19,27-28,31,34-35,38,40,45,49,61,67H,12,14,20-26,29-30,32-33,57-58H2,2-8H3,(H,60,68)(H,62,70)/b43-28-. The average Bonchev–Trinajstić information content (AvgIpc) is 3.94. The van der Waals surface area contributed by atoms with Crippen molar-refractivity contribution < 1.29 is 24.1 Å². The van der Waals surface area contributed by atoms with Crippen molar-refractivity contribution in [2.75, 3.05) is 63.2 Å². The highest BCUT2D eigenvalue weighted by molar-refractivity contribution is 7.70. The molecule has 1 aliphatic carbocycles. The number of benzene rings is 2. The van der Waals surface area contributed by atoms with Crippen molar-refractivity contribution in [3.05, 3.63) is 99.9 Å². The lowest BCUT2D eigenvalue weighted by Gasteiger charge is -2.61. The fraction of sp³-hybridized carbons (Fsp3) is 0.500. The van der Waals surface area contributed by atoms with E-state index in [9.17, 15) is 24.1 Å². The van der Waals surface area contributed by atoms with Crippen molar-refractivity contribution in [1.29, 1.82) is 0 Å². The summed E-state index contributed by atoms with van der Waals surface area (Å²) in [7, 11) is -2.76. The second kappa shape index (κ2) is 19.7. The van der Waals surface area contributed by atoms with Gasteiger partial charge in [-0.1, -0.05) is 51.0 Å². The topological polar surface area (TPSA) is 206 Å². The van der Waals surface area contributed by atoms with Gasteiger partial charge in [0.25, 0.3) is 0 Å². The molecule has 5 aliphatic rings. The number of anilines is 2. The third-order valence-electron chi connectivity index (χ3n) is 16.3. The molecule has 4 aromatic rings. The first-order chi connectivity index (χ1) is 34.1. The number of carbonyl (C=O) groups excluding carboxylic acids is 3. The Labute approximate surface area is 424 Å². The maximum atomic E-state index is 14.3. The number of aromatic hydroxyl groups is 1. The Morgan fingerprint density at radius 3 is 2.36 bits per heavy atom. The van der Waals surface area contributed by atoms with Crippen LogP contribution in [0.15, 0.2) is 60.8 Å². The fourth-order valence-electron chi connectivity index (χ4n) is 12.1. The van der Waals surface area contributed by atoms with E-state index in [1.165, 1.54) is 0 Å². The van der Waals surface area contributed by atoms with Gasteiger partial charge in [-0.2, -0.15) is 0 Å². The molecule has 1 spiro atoms. The van der Waals surface area contributed by atoms with Crippen LogP contribution in [0.5, 0.6) is 5.75 Å². The minimum atomic E-state index is -2.76. The number of amides is 4. The van der Waals surface area contributed by atoms with Crippen molar-refractivity contribution in [2.45, 2.75) is 116 Å². The Balaban J connectivity index is 0.779. The monoisotopic (exact) mass is 997 g/mol. The zero-order chi connectivity index (χ0) is 51.4. The molecule has 9 rings (SSSR count). The molecule has 8 N–H and O–H groups in total. The maximum Gasteiger partial charge on any atom is 0.318 e. The van der Waals surface area contributed by atoms with Crippen LogP contribution in [0, 0.1) is 23.2 Å². The molecular formula is C56H73N10O5P. The second-order valence-corrected chi connectivity index (χ2v) is 25.9. The number of fused-ring (bicyclic) bond motifs is 1. The lowest BCUT2D eigenvalue weighted by atomic mass is 9.60. The van der Waals surface area contributed by atoms with Gasteiger partial charge in [0.15, 0.2) is 0 Å². The average molecular weight is 997 g/mol. The number of phenols is 1. The van der Waals surface area contributed by atoms with Gasteiger partial charge >= 0.3 is 6.03 Å². The van der Waals surface area contributed by atoms with E-state index in [2.05, 4.69) is 44.3 Å². The smallest absolute Gasteiger partial charge is 0.318 e. The predicted octanol–water partition coefficient (Wildman–Crippen LogP) is 7.14. The van der Waals surface area contributed by atoms with Crippen molar-refractivity contribution >= 4 is 53.7 Å². The van der Waals surface area contributed by atoms with E-state index in [1.807, 2.05) is 88.5 Å². The molecule has 3 saturated heterocycles. The first-order valence-corrected chi connectivity index (χ1v) is 28.3. The number of aromatic nitrogens is 2. The molecule has 4 aliphatic heterocycles. The molecule has 2 aromatic heterocycles. The van der Waals surface area contributed by atoms with Crippen LogP contribution in [0.4, 0.5) is 16.4 Å². The number of hydrogen-bond acceptors (Lipinski definition) is 10. The summed E-state index contributed by atoms with van der Waals surface area (Å²) in [5, 5.41) is 17.5. The van der Waals surface area contributed by atoms with Gasteiger partial charge < -0.3 is 56.4 Å². The first-order valence-electron chi connectivity index (χ1n) is 25.7. The number of terminal acetylenes is 1. The molecule has 2 aromatic carbocycles. The molecule has 4 unspecified atom stereocenters. The normalized spacial score (nSPS) is 21.6. The van der Waals surface area contributed by atoms with Crippen LogP contribution >= 0.6 is 7.14 Å². The summed E-state index contributed by atoms with van der Waals surface area (Å²) in [4.78, 5) is 58.5. The molecule has 16 heteroatoms. The fourth-order valence-corrected chi connectivity index (χ4v) is 13.2. The first kappa shape index (κ1) is 50.7. The van der Waals surface area contributed by atoms with E-state index in [0.29, 0.717) is 74.5 Å². The number of aromatic amines is 1. The second-order valence-electron chi connectivity index (χ2n) is 22.7. The van der Waals surface area contributed by atoms with Gasteiger partial charge in [-0.25, -0.2) is 9.78 Å². The maximum absolute atomic E-state index is 14.3. The molecule has 6 heterocycles. The van der Waals surface area contributed by atoms with Gasteiger partial charge in [-0.05, 0) is 138 Å². The number of urea groups is 1. The largest absolute Gasteiger partial charge is 0.507 e. The zero-order valence-electron chi connectivity index (χ0n) is 43.0. The number of nitrogens with one attached hydrogen (secondary N) is 3. The number of pyridine rings is 1. The van der Waals surface area contributed by atoms with E-state index in [0.717, 1.165) is 83.4 Å². The summed E-state index contributed by atoms with van der Waals surface area (Å²) in [6, 6.07) is 15.1. The number of H-pyrrole nitrogens is 1. The number of piperidine rings is 1. The summed E-state index contributed by atoms with van der Waals surface area (Å²) in [5.74, 6) is 3.85. The number of rotatable bonds is 11. The van der Waals surface area contributed by atoms with Crippen LogP contribution in [-0.4, -0.2) is 118 Å². The Morgan fingerprint density at radius 2 is 1.71 bits per heavy atom. The van der Waals surface area contributed by atoms with Crippen LogP contribution in [0.25, 0.3) is 11.8 Å². The summed E-state index contributed by atoms with van der Waals surface area (Å²) in [6.45, 7) is 18.0. The number of nitrogen functional groups attached to an aromatic ring is 1. The van der Waals surface area contributed by atoms with E-state index in [1.54, 1.807) is 23.1 Å². The Bertz CT molecular complexity index is 2840. The van der Waals surface area contributed by atoms with Crippen molar-refractivity contribution in [2.24, 2.45) is 16.6 Å². The highest BCUT2D eigenvalue weighted by Crippen LogP contribution is 2.51. The molecule has 1 saturated carbocycles. The summed E-state index contributed by atoms with van der Waals surface area (Å²) in [5.41, 5.74) is 19.2. The van der Waals surface area contributed by atoms with E-state index in [-0.39, 0.29) is 41.1 Å². The van der Waals surface area contributed by atoms with Crippen LogP contribution in [0.3, 0.4) is 0 Å². The van der Waals surface area contributed by atoms with Gasteiger partial charge in [0.05, 0.1) is 17.4 Å². The van der Waals surface area contributed by atoms with Gasteiger partial charge in [0.2, 0.25) is 11.8 Å². The highest BCUT2D eigenvalue weighted by atomic mass is 31.2. The van der Waals surface area contributed by atoms with Gasteiger partial charge in [0, 0.05) is 83.9 Å². The van der Waals surface area contributed by atoms with E-state index < -0.39 is 24.6 Å². The summed E-state index contributed by atoms with van der Waals surface area (Å²) >= 11 is 0. The minimum absolute atomic E-state index is 0.0983. The third kappa shape index (κ3) is 9.97. The molecular weight excluding hydrogens is 924 g/mol. The lowest BCUT2D eigenvalue weighted by Crippen LogP contribution is -2.70. The van der Waals surface area contributed by atoms with E-state index >= 15 is 0 Å². The summed E-state index contributed by atoms with van der Waals surface area (Å²) in [6.07, 6.45) is 15.4. The SMILES string of the molecule is C#Cc1ccc(C(C)NC(=O)C2CCCN2C(=O)C(NC(=O)N2CC3(CC(N4CCC(c5cnc(N6CCc7[nH]c(N)c(/C=C(\N)c8ccccc8O)c7C6C)c(P(C)(C)=O)c5)CC4)C3)C2)C(C)(C)C)cc1. The van der Waals surface area contributed by atoms with E-state index in [4.69, 9.17) is 22.9 Å². The van der Waals surface area contributed by atoms with Crippen molar-refractivity contribution in [1.82, 2.24) is 35.3 Å². The molecule has 0 bridgehead atoms. The van der Waals surface area contributed by atoms with Crippen molar-refractivity contribution in [3.8, 4) is 18.1 Å². The van der Waals surface area contributed by atoms with Gasteiger partial charge in [0.1, 0.15) is 36.6 Å². The van der Waals surface area contributed by atoms with Crippen LogP contribution < -0.4 is 32.3 Å². The highest BCUT2D eigenvalue weighted by Gasteiger charge is 2.56. The zero-order valence-corrected chi connectivity index (χ0v) is 43.9. The van der Waals surface area contributed by atoms with Crippen LogP contribution in [0.2, 0.25) is 0 Å². The van der Waals surface area contributed by atoms with Gasteiger partial charge in [-0.15, -0.1) is 6.42 Å². The number of nitrogens with two attached hydrogens (primary N) is 2. The quantitative estimate of drug-likeness (QED) is 0.0662. The van der Waals surface area contributed by atoms with Gasteiger partial charge in [-0.3, -0.25) is 9.59 Å². The number of para-hydroxylation sites is 1. The molecule has 0 radical (unpaired) electrons. The number of phenolic OH excluding ortho intramolecular Hbond substituents is 1.